The Morgan fingerprint density at radius 3 is 2.89 bits per heavy atom. The number of nitrogens with zero attached hydrogens (tertiary/aromatic N) is 3. The third-order valence-corrected chi connectivity index (χ3v) is 2.81. The predicted molar refractivity (Wildman–Crippen MR) is 75.1 cm³/mol. The second-order valence-electron chi connectivity index (χ2n) is 4.66. The first-order chi connectivity index (χ1) is 8.95. The van der Waals surface area contributed by atoms with Gasteiger partial charge in [0.05, 0.1) is 12.1 Å². The van der Waals surface area contributed by atoms with Crippen LogP contribution in [0.25, 0.3) is 0 Å². The molecule has 1 aromatic heterocycles. The maximum atomic E-state index is 11.7. The fourth-order valence-electron chi connectivity index (χ4n) is 1.45. The van der Waals surface area contributed by atoms with Crippen LogP contribution in [0.3, 0.4) is 0 Å². The van der Waals surface area contributed by atoms with Crippen molar-refractivity contribution in [2.24, 2.45) is 5.92 Å². The monoisotopic (exact) mass is 280 g/mol. The summed E-state index contributed by atoms with van der Waals surface area (Å²) in [6.45, 7) is 4.83. The molecule has 0 radical (unpaired) electrons. The number of nitriles is 1. The number of pyridine rings is 1. The van der Waals surface area contributed by atoms with Crippen molar-refractivity contribution in [3.05, 3.63) is 22.8 Å². The van der Waals surface area contributed by atoms with Gasteiger partial charge in [0, 0.05) is 19.8 Å². The lowest BCUT2D eigenvalue weighted by Gasteiger charge is -2.19. The summed E-state index contributed by atoms with van der Waals surface area (Å²) in [5, 5.41) is 12.0. The maximum absolute atomic E-state index is 11.7. The van der Waals surface area contributed by atoms with Gasteiger partial charge in [0.1, 0.15) is 16.9 Å². The van der Waals surface area contributed by atoms with Gasteiger partial charge in [0.25, 0.3) is 0 Å². The molecule has 0 bridgehead atoms. The van der Waals surface area contributed by atoms with Crippen LogP contribution in [0.15, 0.2) is 12.3 Å². The van der Waals surface area contributed by atoms with E-state index in [0.717, 1.165) is 0 Å². The molecular formula is C13H17ClN4O. The number of halogens is 1. The second-order valence-corrected chi connectivity index (χ2v) is 5.04. The molecule has 0 saturated carbocycles. The van der Waals surface area contributed by atoms with Crippen LogP contribution in [-0.4, -0.2) is 31.0 Å². The topological polar surface area (TPSA) is 69.0 Å². The van der Waals surface area contributed by atoms with E-state index in [1.807, 2.05) is 19.9 Å². The molecule has 0 fully saturated rings. The van der Waals surface area contributed by atoms with Crippen LogP contribution < -0.4 is 10.2 Å². The summed E-state index contributed by atoms with van der Waals surface area (Å²) in [6.07, 6.45) is 1.50. The van der Waals surface area contributed by atoms with Gasteiger partial charge in [0.15, 0.2) is 0 Å². The van der Waals surface area contributed by atoms with Gasteiger partial charge < -0.3 is 10.2 Å². The highest BCUT2D eigenvalue weighted by molar-refractivity contribution is 6.34. The quantitative estimate of drug-likeness (QED) is 0.893. The van der Waals surface area contributed by atoms with Crippen LogP contribution in [0.1, 0.15) is 19.4 Å². The second kappa shape index (κ2) is 6.95. The fraction of sp³-hybridized carbons (Fsp3) is 0.462. The molecule has 5 nitrogen and oxygen atoms in total. The summed E-state index contributed by atoms with van der Waals surface area (Å²) in [7, 11) is 1.71. The van der Waals surface area contributed by atoms with Crippen LogP contribution in [0.2, 0.25) is 5.02 Å². The number of nitrogens with one attached hydrogen (secondary N) is 1. The van der Waals surface area contributed by atoms with Crippen LogP contribution in [-0.2, 0) is 4.79 Å². The van der Waals surface area contributed by atoms with Crippen molar-refractivity contribution in [1.82, 2.24) is 10.3 Å². The number of aromatic nitrogens is 1. The first kappa shape index (κ1) is 15.3. The molecule has 1 rings (SSSR count). The minimum Gasteiger partial charge on any atom is -0.354 e. The largest absolute Gasteiger partial charge is 0.354 e. The Bertz CT molecular complexity index is 496. The molecule has 6 heteroatoms. The molecule has 0 saturated heterocycles. The Balaban J connectivity index is 2.71. The van der Waals surface area contributed by atoms with E-state index in [9.17, 15) is 4.79 Å². The number of hydrogen-bond acceptors (Lipinski definition) is 4. The summed E-state index contributed by atoms with van der Waals surface area (Å²) in [6, 6.07) is 3.52. The molecular weight excluding hydrogens is 264 g/mol. The number of likely N-dealkylation sites (N-methyl/N-ethyl adjacent to an activating group) is 1. The van der Waals surface area contributed by atoms with Crippen molar-refractivity contribution >= 4 is 23.3 Å². The summed E-state index contributed by atoms with van der Waals surface area (Å²) < 4.78 is 0. The smallest absolute Gasteiger partial charge is 0.239 e. The average molecular weight is 281 g/mol. The van der Waals surface area contributed by atoms with Crippen LogP contribution in [0, 0.1) is 17.2 Å². The molecule has 0 aliphatic carbocycles. The fourth-order valence-corrected chi connectivity index (χ4v) is 1.75. The molecule has 19 heavy (non-hydrogen) atoms. The van der Waals surface area contributed by atoms with E-state index in [4.69, 9.17) is 16.9 Å². The van der Waals surface area contributed by atoms with E-state index in [1.54, 1.807) is 18.0 Å². The lowest BCUT2D eigenvalue weighted by Crippen LogP contribution is -2.37. The molecule has 0 atom stereocenters. The lowest BCUT2D eigenvalue weighted by atomic mass is 10.2. The Hall–Kier alpha value is -1.80. The molecule has 1 amide bonds. The molecule has 0 unspecified atom stereocenters. The Morgan fingerprint density at radius 1 is 1.63 bits per heavy atom. The number of anilines is 1. The van der Waals surface area contributed by atoms with E-state index in [2.05, 4.69) is 10.3 Å². The van der Waals surface area contributed by atoms with Crippen LogP contribution >= 0.6 is 11.6 Å². The highest BCUT2D eigenvalue weighted by Gasteiger charge is 2.14. The predicted octanol–water partition coefficient (Wildman–Crippen LogP) is 1.82. The van der Waals surface area contributed by atoms with Crippen molar-refractivity contribution in [2.45, 2.75) is 13.8 Å². The van der Waals surface area contributed by atoms with Crippen molar-refractivity contribution in [3.8, 4) is 6.07 Å². The molecule has 1 aromatic rings. The lowest BCUT2D eigenvalue weighted by molar-refractivity contribution is -0.119. The molecule has 0 aliphatic heterocycles. The first-order valence-electron chi connectivity index (χ1n) is 5.98. The SMILES string of the molecule is CC(C)CNC(=O)CN(C)c1nccc(C#N)c1Cl. The van der Waals surface area contributed by atoms with Crippen LogP contribution in [0.4, 0.5) is 5.82 Å². The zero-order chi connectivity index (χ0) is 14.4. The third-order valence-electron chi connectivity index (χ3n) is 2.44. The number of hydrogen-bond donors (Lipinski definition) is 1. The van der Waals surface area contributed by atoms with E-state index in [0.29, 0.717) is 23.8 Å². The van der Waals surface area contributed by atoms with Gasteiger partial charge in [-0.3, -0.25) is 4.79 Å². The Labute approximate surface area is 118 Å². The number of rotatable bonds is 5. The summed E-state index contributed by atoms with van der Waals surface area (Å²) >= 11 is 6.06. The maximum Gasteiger partial charge on any atom is 0.239 e. The van der Waals surface area contributed by atoms with Gasteiger partial charge in [-0.15, -0.1) is 0 Å². The first-order valence-corrected chi connectivity index (χ1v) is 6.36. The average Bonchev–Trinajstić information content (AvgIpc) is 2.36. The minimum absolute atomic E-state index is 0.101. The standard InChI is InChI=1S/C13H17ClN4O/c1-9(2)7-17-11(19)8-18(3)13-12(14)10(6-15)4-5-16-13/h4-5,9H,7-8H2,1-3H3,(H,17,19). The van der Waals surface area contributed by atoms with E-state index < -0.39 is 0 Å². The van der Waals surface area contributed by atoms with Gasteiger partial charge in [-0.1, -0.05) is 25.4 Å². The molecule has 0 spiro atoms. The molecule has 0 aromatic carbocycles. The van der Waals surface area contributed by atoms with Crippen molar-refractivity contribution < 1.29 is 4.79 Å². The summed E-state index contributed by atoms with van der Waals surface area (Å²) in [5.74, 6) is 0.731. The van der Waals surface area contributed by atoms with Gasteiger partial charge in [0.2, 0.25) is 5.91 Å². The van der Waals surface area contributed by atoms with Crippen molar-refractivity contribution in [3.63, 3.8) is 0 Å². The van der Waals surface area contributed by atoms with E-state index in [1.165, 1.54) is 6.20 Å². The molecule has 1 heterocycles. The number of carbonyl (C=O) groups excluding carboxylic acids is 1. The van der Waals surface area contributed by atoms with Crippen LogP contribution in [0.5, 0.6) is 0 Å². The molecule has 0 aliphatic rings. The van der Waals surface area contributed by atoms with Crippen molar-refractivity contribution in [1.29, 1.82) is 5.26 Å². The van der Waals surface area contributed by atoms with Gasteiger partial charge in [-0.25, -0.2) is 4.98 Å². The number of carbonyl (C=O) groups is 1. The molecule has 102 valence electrons. The highest BCUT2D eigenvalue weighted by atomic mass is 35.5. The van der Waals surface area contributed by atoms with E-state index >= 15 is 0 Å². The number of amides is 1. The zero-order valence-corrected chi connectivity index (χ0v) is 12.0. The van der Waals surface area contributed by atoms with E-state index in [-0.39, 0.29) is 17.5 Å². The molecule has 1 N–H and O–H groups in total. The zero-order valence-electron chi connectivity index (χ0n) is 11.3. The normalized spacial score (nSPS) is 10.1. The minimum atomic E-state index is -0.101. The van der Waals surface area contributed by atoms with Gasteiger partial charge in [-0.05, 0) is 12.0 Å². The van der Waals surface area contributed by atoms with Crippen molar-refractivity contribution in [2.75, 3.05) is 25.0 Å². The summed E-state index contributed by atoms with van der Waals surface area (Å²) in [5.41, 5.74) is 0.348. The third kappa shape index (κ3) is 4.42. The Morgan fingerprint density at radius 2 is 2.32 bits per heavy atom. The highest BCUT2D eigenvalue weighted by Crippen LogP contribution is 2.25. The Kier molecular flexibility index (Phi) is 5.58. The summed E-state index contributed by atoms with van der Waals surface area (Å²) in [4.78, 5) is 17.4. The van der Waals surface area contributed by atoms with Gasteiger partial charge >= 0.3 is 0 Å². The van der Waals surface area contributed by atoms with Gasteiger partial charge in [-0.2, -0.15) is 5.26 Å².